The Morgan fingerprint density at radius 3 is 1.57 bits per heavy atom. The number of fused-ring (bicyclic) bond motifs is 3. The molecule has 0 saturated carbocycles. The van der Waals surface area contributed by atoms with Crippen LogP contribution in [0.1, 0.15) is 11.1 Å². The zero-order chi connectivity index (χ0) is 8.67. The molecule has 1 aliphatic rings. The Morgan fingerprint density at radius 1 is 0.643 bits per heavy atom. The summed E-state index contributed by atoms with van der Waals surface area (Å²) < 4.78 is 0. The van der Waals surface area contributed by atoms with Gasteiger partial charge in [-0.1, -0.05) is 48.5 Å². The Kier molecular flexibility index (Phi) is 2.46. The van der Waals surface area contributed by atoms with Gasteiger partial charge in [-0.3, -0.25) is 0 Å². The van der Waals surface area contributed by atoms with E-state index in [4.69, 9.17) is 0 Å². The van der Waals surface area contributed by atoms with Crippen LogP contribution in [0.4, 0.5) is 0 Å². The Balaban J connectivity index is 0.000000750. The fourth-order valence-electron chi connectivity index (χ4n) is 2.08. The molecule has 1 aliphatic carbocycles. The van der Waals surface area contributed by atoms with Crippen molar-refractivity contribution in [3.8, 4) is 11.1 Å². The van der Waals surface area contributed by atoms with E-state index >= 15 is 0 Å². The maximum Gasteiger partial charge on any atom is 0 e. The molecule has 14 heavy (non-hydrogen) atoms. The van der Waals surface area contributed by atoms with Gasteiger partial charge in [0, 0.05) is 17.4 Å². The summed E-state index contributed by atoms with van der Waals surface area (Å²) >= 11 is 0. The van der Waals surface area contributed by atoms with Crippen molar-refractivity contribution in [2.45, 2.75) is 6.42 Å². The molecule has 0 unspecified atom stereocenters. The van der Waals surface area contributed by atoms with Gasteiger partial charge in [0.15, 0.2) is 0 Å². The van der Waals surface area contributed by atoms with Crippen LogP contribution >= 0.6 is 0 Å². The molecule has 0 aromatic heterocycles. The van der Waals surface area contributed by atoms with Crippen molar-refractivity contribution in [2.75, 3.05) is 0 Å². The summed E-state index contributed by atoms with van der Waals surface area (Å²) in [6.07, 6.45) is 1.10. The zero-order valence-corrected chi connectivity index (χ0v) is 9.01. The van der Waals surface area contributed by atoms with E-state index in [0.717, 1.165) is 6.42 Å². The molecule has 0 saturated heterocycles. The molecule has 0 atom stereocenters. The third-order valence-corrected chi connectivity index (χ3v) is 2.71. The first kappa shape index (κ1) is 9.52. The molecule has 0 N–H and O–H groups in total. The monoisotopic (exact) mass is 218 g/mol. The van der Waals surface area contributed by atoms with Gasteiger partial charge in [0.25, 0.3) is 0 Å². The molecule has 0 fully saturated rings. The second-order valence-electron chi connectivity index (χ2n) is 3.49. The van der Waals surface area contributed by atoms with Crippen LogP contribution in [0.2, 0.25) is 0 Å². The topological polar surface area (TPSA) is 0 Å². The van der Waals surface area contributed by atoms with Gasteiger partial charge in [0.05, 0.1) is 0 Å². The van der Waals surface area contributed by atoms with Crippen molar-refractivity contribution in [2.24, 2.45) is 0 Å². The number of hydrogen-bond donors (Lipinski definition) is 0. The van der Waals surface area contributed by atoms with Crippen molar-refractivity contribution in [1.29, 1.82) is 0 Å². The molecular weight excluding hydrogens is 208 g/mol. The third-order valence-electron chi connectivity index (χ3n) is 2.71. The molecule has 68 valence electrons. The molecule has 0 heterocycles. The normalized spacial score (nSPS) is 11.4. The van der Waals surface area contributed by atoms with E-state index in [1.54, 1.807) is 0 Å². The van der Waals surface area contributed by atoms with E-state index in [1.807, 2.05) is 0 Å². The van der Waals surface area contributed by atoms with Crippen molar-refractivity contribution < 1.29 is 17.4 Å². The average molecular weight is 218 g/mol. The van der Waals surface area contributed by atoms with Gasteiger partial charge in [-0.15, -0.1) is 0 Å². The van der Waals surface area contributed by atoms with Gasteiger partial charge in [0.1, 0.15) is 0 Å². The van der Waals surface area contributed by atoms with Crippen LogP contribution in [0.5, 0.6) is 0 Å². The predicted octanol–water partition coefficient (Wildman–Crippen LogP) is 3.26. The van der Waals surface area contributed by atoms with E-state index in [0.29, 0.717) is 0 Å². The van der Waals surface area contributed by atoms with Crippen molar-refractivity contribution >= 4 is 0 Å². The maximum atomic E-state index is 2.22. The molecule has 1 heteroatoms. The number of rotatable bonds is 0. The van der Waals surface area contributed by atoms with Gasteiger partial charge in [0.2, 0.25) is 0 Å². The van der Waals surface area contributed by atoms with Crippen LogP contribution in [0, 0.1) is 0 Å². The zero-order valence-electron chi connectivity index (χ0n) is 7.73. The van der Waals surface area contributed by atoms with Crippen LogP contribution in [0.3, 0.4) is 0 Å². The first-order valence-corrected chi connectivity index (χ1v) is 4.61. The molecule has 0 bridgehead atoms. The first-order chi connectivity index (χ1) is 6.45. The minimum absolute atomic E-state index is 0. The fourth-order valence-corrected chi connectivity index (χ4v) is 2.08. The summed E-state index contributed by atoms with van der Waals surface area (Å²) in [6, 6.07) is 17.3. The van der Waals surface area contributed by atoms with E-state index in [1.165, 1.54) is 22.3 Å². The van der Waals surface area contributed by atoms with Crippen LogP contribution < -0.4 is 0 Å². The molecule has 0 amide bonds. The van der Waals surface area contributed by atoms with Crippen LogP contribution in [0.15, 0.2) is 48.5 Å². The molecule has 0 spiro atoms. The van der Waals surface area contributed by atoms with Crippen LogP contribution in [-0.4, -0.2) is 0 Å². The maximum absolute atomic E-state index is 2.22. The Labute approximate surface area is 94.7 Å². The van der Waals surface area contributed by atoms with Crippen LogP contribution in [-0.2, 0) is 23.8 Å². The van der Waals surface area contributed by atoms with Crippen LogP contribution in [0.25, 0.3) is 11.1 Å². The van der Waals surface area contributed by atoms with Gasteiger partial charge >= 0.3 is 0 Å². The smallest absolute Gasteiger partial charge is 0 e. The summed E-state index contributed by atoms with van der Waals surface area (Å²) in [5.41, 5.74) is 5.75. The summed E-state index contributed by atoms with van der Waals surface area (Å²) in [5.74, 6) is 0. The van der Waals surface area contributed by atoms with E-state index in [-0.39, 0.29) is 17.4 Å². The second kappa shape index (κ2) is 3.61. The summed E-state index contributed by atoms with van der Waals surface area (Å²) in [7, 11) is 0. The molecule has 2 aromatic rings. The SMILES string of the molecule is [Cr].c1ccc2c(c1)Cc1ccccc1-2. The van der Waals surface area contributed by atoms with Gasteiger partial charge in [-0.25, -0.2) is 0 Å². The van der Waals surface area contributed by atoms with E-state index in [9.17, 15) is 0 Å². The fraction of sp³-hybridized carbons (Fsp3) is 0.0769. The minimum Gasteiger partial charge on any atom is -0.0619 e. The summed E-state index contributed by atoms with van der Waals surface area (Å²) in [4.78, 5) is 0. The van der Waals surface area contributed by atoms with Gasteiger partial charge < -0.3 is 0 Å². The van der Waals surface area contributed by atoms with Crippen molar-refractivity contribution in [3.63, 3.8) is 0 Å². The number of hydrogen-bond acceptors (Lipinski definition) is 0. The summed E-state index contributed by atoms with van der Waals surface area (Å²) in [6.45, 7) is 0. The number of benzene rings is 2. The van der Waals surface area contributed by atoms with Crippen molar-refractivity contribution in [1.82, 2.24) is 0 Å². The molecule has 0 nitrogen and oxygen atoms in total. The minimum atomic E-state index is 0. The molecule has 0 aliphatic heterocycles. The Morgan fingerprint density at radius 2 is 1.07 bits per heavy atom. The van der Waals surface area contributed by atoms with Gasteiger partial charge in [-0.05, 0) is 28.7 Å². The summed E-state index contributed by atoms with van der Waals surface area (Å²) in [5, 5.41) is 0. The molecule has 0 radical (unpaired) electrons. The Bertz CT molecular complexity index is 417. The predicted molar refractivity (Wildman–Crippen MR) is 54.7 cm³/mol. The van der Waals surface area contributed by atoms with E-state index < -0.39 is 0 Å². The van der Waals surface area contributed by atoms with E-state index in [2.05, 4.69) is 48.5 Å². The van der Waals surface area contributed by atoms with Gasteiger partial charge in [-0.2, -0.15) is 0 Å². The largest absolute Gasteiger partial charge is 0.0619 e. The third kappa shape index (κ3) is 1.30. The standard InChI is InChI=1S/C13H10.Cr/c1-3-7-12-10(5-1)9-11-6-2-4-8-13(11)12;/h1-8H,9H2;. The van der Waals surface area contributed by atoms with Crippen molar-refractivity contribution in [3.05, 3.63) is 59.7 Å². The average Bonchev–Trinajstić information content (AvgIpc) is 2.56. The quantitative estimate of drug-likeness (QED) is 0.543. The molecular formula is C13H10Cr. The first-order valence-electron chi connectivity index (χ1n) is 4.61. The molecule has 2 aromatic carbocycles. The second-order valence-corrected chi connectivity index (χ2v) is 3.49. The Hall–Kier alpha value is -1.03. The molecule has 3 rings (SSSR count).